The number of ketones is 1. The molecule has 0 atom stereocenters. The van der Waals surface area contributed by atoms with E-state index in [4.69, 9.17) is 9.26 Å². The van der Waals surface area contributed by atoms with Crippen molar-refractivity contribution < 1.29 is 18.8 Å². The van der Waals surface area contributed by atoms with E-state index in [0.717, 1.165) is 29.7 Å². The van der Waals surface area contributed by atoms with Crippen LogP contribution in [0.3, 0.4) is 0 Å². The van der Waals surface area contributed by atoms with Crippen molar-refractivity contribution in [1.29, 1.82) is 0 Å². The number of ether oxygens (including phenoxy) is 1. The third-order valence-electron chi connectivity index (χ3n) is 6.04. The lowest BCUT2D eigenvalue weighted by Crippen LogP contribution is -2.40. The van der Waals surface area contributed by atoms with Gasteiger partial charge in [-0.1, -0.05) is 19.0 Å². The quantitative estimate of drug-likeness (QED) is 0.693. The second-order valence-corrected chi connectivity index (χ2v) is 7.82. The minimum absolute atomic E-state index is 0.0212. The van der Waals surface area contributed by atoms with Crippen LogP contribution in [0.2, 0.25) is 0 Å². The molecule has 30 heavy (non-hydrogen) atoms. The largest absolute Gasteiger partial charge is 0.486 e. The molecule has 0 aliphatic carbocycles. The summed E-state index contributed by atoms with van der Waals surface area (Å²) in [4.78, 5) is 28.8. The Labute approximate surface area is 173 Å². The van der Waals surface area contributed by atoms with Crippen LogP contribution >= 0.6 is 0 Å². The van der Waals surface area contributed by atoms with Crippen LogP contribution in [0, 0.1) is 0 Å². The highest BCUT2D eigenvalue weighted by Gasteiger charge is 2.38. The first-order chi connectivity index (χ1) is 14.5. The number of Topliss-reactive ketones (excluding diaryl/α,β-unsaturated/α-hetero) is 1. The van der Waals surface area contributed by atoms with Crippen molar-refractivity contribution in [3.8, 4) is 28.6 Å². The standard InChI is InChI=1S/C23H21N3O4/c1-3-23(4-2)12-18(27)16-10-14(6-8-19(16)29-23)22-25-21(26-30-22)13-5-7-17-15(9-13)11-20(28)24-17/h5-10H,3-4,11-12H2,1-2H3,(H,24,28). The van der Waals surface area contributed by atoms with Crippen LogP contribution in [0.25, 0.3) is 22.8 Å². The molecule has 0 bridgehead atoms. The summed E-state index contributed by atoms with van der Waals surface area (Å²) in [6.45, 7) is 4.09. The van der Waals surface area contributed by atoms with Crippen molar-refractivity contribution in [3.63, 3.8) is 0 Å². The zero-order chi connectivity index (χ0) is 20.9. The molecule has 0 saturated heterocycles. The van der Waals surface area contributed by atoms with Crippen molar-refractivity contribution in [2.75, 3.05) is 5.32 Å². The predicted molar refractivity (Wildman–Crippen MR) is 110 cm³/mol. The Morgan fingerprint density at radius 1 is 1.07 bits per heavy atom. The maximum atomic E-state index is 12.8. The van der Waals surface area contributed by atoms with Gasteiger partial charge >= 0.3 is 0 Å². The number of carbonyl (C=O) groups is 2. The van der Waals surface area contributed by atoms with E-state index in [2.05, 4.69) is 15.5 Å². The van der Waals surface area contributed by atoms with Gasteiger partial charge in [-0.05, 0) is 54.8 Å². The number of benzene rings is 2. The smallest absolute Gasteiger partial charge is 0.258 e. The van der Waals surface area contributed by atoms with Gasteiger partial charge in [0.1, 0.15) is 11.4 Å². The summed E-state index contributed by atoms with van der Waals surface area (Å²) < 4.78 is 11.6. The number of carbonyl (C=O) groups excluding carboxylic acids is 2. The van der Waals surface area contributed by atoms with Gasteiger partial charge in [0.05, 0.1) is 18.4 Å². The molecular formula is C23H21N3O4. The van der Waals surface area contributed by atoms with E-state index in [0.29, 0.717) is 41.4 Å². The summed E-state index contributed by atoms with van der Waals surface area (Å²) >= 11 is 0. The number of nitrogens with zero attached hydrogens (tertiary/aromatic N) is 2. The minimum atomic E-state index is -0.424. The molecule has 0 spiro atoms. The van der Waals surface area contributed by atoms with Crippen LogP contribution in [0.15, 0.2) is 40.9 Å². The van der Waals surface area contributed by atoms with Crippen LogP contribution in [-0.4, -0.2) is 27.4 Å². The summed E-state index contributed by atoms with van der Waals surface area (Å²) in [5, 5.41) is 6.89. The third-order valence-corrected chi connectivity index (χ3v) is 6.04. The molecule has 2 aliphatic rings. The molecular weight excluding hydrogens is 382 g/mol. The molecule has 0 saturated carbocycles. The number of rotatable bonds is 4. The average molecular weight is 403 g/mol. The topological polar surface area (TPSA) is 94.3 Å². The Morgan fingerprint density at radius 3 is 2.67 bits per heavy atom. The summed E-state index contributed by atoms with van der Waals surface area (Å²) in [5.41, 5.74) is 3.29. The van der Waals surface area contributed by atoms with E-state index < -0.39 is 5.60 Å². The third kappa shape index (κ3) is 2.98. The Bertz CT molecular complexity index is 1180. The highest BCUT2D eigenvalue weighted by molar-refractivity contribution is 6.01. The Balaban J connectivity index is 1.45. The highest BCUT2D eigenvalue weighted by Crippen LogP contribution is 2.39. The molecule has 7 nitrogen and oxygen atoms in total. The number of aromatic nitrogens is 2. The fraction of sp³-hybridized carbons (Fsp3) is 0.304. The second kappa shape index (κ2) is 6.79. The molecule has 152 valence electrons. The molecule has 1 N–H and O–H groups in total. The normalized spacial score (nSPS) is 16.6. The van der Waals surface area contributed by atoms with Gasteiger partial charge in [-0.15, -0.1) is 0 Å². The number of amides is 1. The van der Waals surface area contributed by atoms with Gasteiger partial charge in [0, 0.05) is 16.8 Å². The molecule has 3 heterocycles. The monoisotopic (exact) mass is 403 g/mol. The predicted octanol–water partition coefficient (Wildman–Crippen LogP) is 4.42. The van der Waals surface area contributed by atoms with Crippen LogP contribution in [0.4, 0.5) is 5.69 Å². The van der Waals surface area contributed by atoms with Crippen molar-refractivity contribution in [1.82, 2.24) is 10.1 Å². The van der Waals surface area contributed by atoms with Crippen molar-refractivity contribution >= 4 is 17.4 Å². The molecule has 2 aliphatic heterocycles. The number of fused-ring (bicyclic) bond motifs is 2. The van der Waals surface area contributed by atoms with E-state index in [-0.39, 0.29) is 11.7 Å². The Morgan fingerprint density at radius 2 is 1.87 bits per heavy atom. The lowest BCUT2D eigenvalue weighted by molar-refractivity contribution is -0.115. The van der Waals surface area contributed by atoms with E-state index in [9.17, 15) is 9.59 Å². The van der Waals surface area contributed by atoms with Crippen LogP contribution in [0.1, 0.15) is 49.0 Å². The Kier molecular flexibility index (Phi) is 4.20. The number of anilines is 1. The summed E-state index contributed by atoms with van der Waals surface area (Å²) in [7, 11) is 0. The lowest BCUT2D eigenvalue weighted by atomic mass is 9.85. The highest BCUT2D eigenvalue weighted by atomic mass is 16.5. The van der Waals surface area contributed by atoms with E-state index in [1.807, 2.05) is 38.1 Å². The van der Waals surface area contributed by atoms with Gasteiger partial charge in [0.15, 0.2) is 5.78 Å². The van der Waals surface area contributed by atoms with Crippen LogP contribution in [-0.2, 0) is 11.2 Å². The fourth-order valence-electron chi connectivity index (χ4n) is 4.10. The number of nitrogens with one attached hydrogen (secondary N) is 1. The zero-order valence-electron chi connectivity index (χ0n) is 16.8. The molecule has 7 heteroatoms. The summed E-state index contributed by atoms with van der Waals surface area (Å²) in [6.07, 6.45) is 2.28. The van der Waals surface area contributed by atoms with Crippen molar-refractivity contribution in [2.24, 2.45) is 0 Å². The molecule has 0 radical (unpaired) electrons. The molecule has 3 aromatic rings. The maximum absolute atomic E-state index is 12.8. The van der Waals surface area contributed by atoms with E-state index >= 15 is 0 Å². The molecule has 1 aromatic heterocycles. The summed E-state index contributed by atoms with van der Waals surface area (Å²) in [5.74, 6) is 1.42. The first-order valence-electron chi connectivity index (χ1n) is 10.1. The van der Waals surface area contributed by atoms with Crippen molar-refractivity contribution in [2.45, 2.75) is 45.1 Å². The Hall–Kier alpha value is -3.48. The SMILES string of the molecule is CCC1(CC)CC(=O)c2cc(-c3nc(-c4ccc5c(c4)CC(=O)N5)no3)ccc2O1. The zero-order valence-corrected chi connectivity index (χ0v) is 16.8. The van der Waals surface area contributed by atoms with Crippen LogP contribution < -0.4 is 10.1 Å². The minimum Gasteiger partial charge on any atom is -0.486 e. The lowest BCUT2D eigenvalue weighted by Gasteiger charge is -2.36. The molecule has 0 fully saturated rings. The first-order valence-corrected chi connectivity index (χ1v) is 10.1. The molecule has 1 amide bonds. The first kappa shape index (κ1) is 18.5. The maximum Gasteiger partial charge on any atom is 0.258 e. The second-order valence-electron chi connectivity index (χ2n) is 7.82. The molecule has 5 rings (SSSR count). The van der Waals surface area contributed by atoms with Gasteiger partial charge in [-0.3, -0.25) is 9.59 Å². The van der Waals surface area contributed by atoms with Gasteiger partial charge in [0.2, 0.25) is 11.7 Å². The van der Waals surface area contributed by atoms with Gasteiger partial charge in [-0.25, -0.2) is 0 Å². The van der Waals surface area contributed by atoms with Gasteiger partial charge in [0.25, 0.3) is 5.89 Å². The van der Waals surface area contributed by atoms with Gasteiger partial charge < -0.3 is 14.6 Å². The van der Waals surface area contributed by atoms with Crippen molar-refractivity contribution in [3.05, 3.63) is 47.5 Å². The fourth-order valence-corrected chi connectivity index (χ4v) is 4.10. The number of hydrogen-bond acceptors (Lipinski definition) is 6. The molecule has 0 unspecified atom stereocenters. The average Bonchev–Trinajstić information content (AvgIpc) is 3.39. The number of hydrogen-bond donors (Lipinski definition) is 1. The van der Waals surface area contributed by atoms with Crippen LogP contribution in [0.5, 0.6) is 5.75 Å². The summed E-state index contributed by atoms with van der Waals surface area (Å²) in [6, 6.07) is 11.0. The van der Waals surface area contributed by atoms with E-state index in [1.54, 1.807) is 12.1 Å². The van der Waals surface area contributed by atoms with Gasteiger partial charge in [-0.2, -0.15) is 4.98 Å². The molecule has 2 aromatic carbocycles. The van der Waals surface area contributed by atoms with E-state index in [1.165, 1.54) is 0 Å².